The number of rotatable bonds is 5. The van der Waals surface area contributed by atoms with Gasteiger partial charge < -0.3 is 10.2 Å². The molecule has 1 aliphatic rings. The van der Waals surface area contributed by atoms with Gasteiger partial charge in [0, 0.05) is 35.8 Å². The summed E-state index contributed by atoms with van der Waals surface area (Å²) in [5, 5.41) is 10.2. The Hall–Kier alpha value is -2.51. The smallest absolute Gasteiger partial charge is 0.270 e. The Labute approximate surface area is 169 Å². The molecule has 1 N–H and O–H groups in total. The van der Waals surface area contributed by atoms with Crippen LogP contribution in [0.2, 0.25) is 0 Å². The van der Waals surface area contributed by atoms with Gasteiger partial charge in [0.25, 0.3) is 5.91 Å². The summed E-state index contributed by atoms with van der Waals surface area (Å²) in [7, 11) is 0. The number of thiazole rings is 1. The number of para-hydroxylation sites is 1. The minimum absolute atomic E-state index is 0.0832. The topological polar surface area (TPSA) is 63.1 Å². The fraction of sp³-hybridized carbons (Fsp3) is 0.381. The minimum atomic E-state index is -0.0832. The highest BCUT2D eigenvalue weighted by Crippen LogP contribution is 2.25. The molecule has 4 rings (SSSR count). The van der Waals surface area contributed by atoms with Crippen molar-refractivity contribution < 1.29 is 4.79 Å². The molecule has 146 valence electrons. The summed E-state index contributed by atoms with van der Waals surface area (Å²) < 4.78 is 1.82. The van der Waals surface area contributed by atoms with Gasteiger partial charge in [0.15, 0.2) is 0 Å². The molecule has 3 heterocycles. The first-order valence-corrected chi connectivity index (χ1v) is 10.6. The van der Waals surface area contributed by atoms with Crippen molar-refractivity contribution in [1.82, 2.24) is 25.0 Å². The van der Waals surface area contributed by atoms with Crippen molar-refractivity contribution in [2.24, 2.45) is 0 Å². The number of amides is 1. The molecule has 0 aliphatic carbocycles. The largest absolute Gasteiger partial charge is 0.348 e. The predicted octanol–water partition coefficient (Wildman–Crippen LogP) is 3.60. The van der Waals surface area contributed by atoms with E-state index in [1.165, 1.54) is 11.3 Å². The van der Waals surface area contributed by atoms with Crippen LogP contribution in [0.4, 0.5) is 0 Å². The number of nitrogens with one attached hydrogen (secondary N) is 1. The number of benzene rings is 1. The lowest BCUT2D eigenvalue weighted by atomic mass is 9.98. The van der Waals surface area contributed by atoms with Gasteiger partial charge in [-0.2, -0.15) is 5.10 Å². The summed E-state index contributed by atoms with van der Waals surface area (Å²) in [6.07, 6.45) is 5.71. The molecule has 6 nitrogen and oxygen atoms in total. The molecule has 0 radical (unpaired) electrons. The molecule has 1 unspecified atom stereocenters. The third kappa shape index (κ3) is 4.00. The zero-order valence-electron chi connectivity index (χ0n) is 16.2. The second-order valence-corrected chi connectivity index (χ2v) is 8.08. The first-order chi connectivity index (χ1) is 13.6. The molecular formula is C21H25N5OS. The van der Waals surface area contributed by atoms with Crippen LogP contribution in [0, 0.1) is 0 Å². The molecule has 28 heavy (non-hydrogen) atoms. The monoisotopic (exact) mass is 395 g/mol. The molecule has 1 saturated heterocycles. The fourth-order valence-corrected chi connectivity index (χ4v) is 4.52. The lowest BCUT2D eigenvalue weighted by Crippen LogP contribution is -2.48. The Kier molecular flexibility index (Phi) is 5.54. The number of hydrogen-bond donors (Lipinski definition) is 1. The van der Waals surface area contributed by atoms with Gasteiger partial charge in [-0.25, -0.2) is 9.67 Å². The van der Waals surface area contributed by atoms with E-state index in [1.54, 1.807) is 6.20 Å². The number of piperidine rings is 1. The summed E-state index contributed by atoms with van der Waals surface area (Å²) in [5.74, 6) is -0.0832. The van der Waals surface area contributed by atoms with Crippen LogP contribution in [0.1, 0.15) is 37.2 Å². The Morgan fingerprint density at radius 1 is 1.32 bits per heavy atom. The lowest BCUT2D eigenvalue weighted by molar-refractivity contribution is 0.0878. The van der Waals surface area contributed by atoms with E-state index in [0.717, 1.165) is 42.2 Å². The summed E-state index contributed by atoms with van der Waals surface area (Å²) in [5.41, 5.74) is 2.40. The average molecular weight is 396 g/mol. The summed E-state index contributed by atoms with van der Waals surface area (Å²) in [6.45, 7) is 6.51. The summed E-state index contributed by atoms with van der Waals surface area (Å²) in [6, 6.07) is 10.7. The van der Waals surface area contributed by atoms with E-state index in [-0.39, 0.29) is 11.9 Å². The molecule has 1 amide bonds. The van der Waals surface area contributed by atoms with Crippen LogP contribution in [0.15, 0.2) is 48.1 Å². The first kappa shape index (κ1) is 18.8. The van der Waals surface area contributed by atoms with Gasteiger partial charge in [0.05, 0.1) is 11.9 Å². The SMILES string of the molecule is CCN1CCC(NC(=O)c2csc(-c3cnn(-c4ccccc4)c3)n2)C[C@@H]1C. The molecule has 2 aromatic heterocycles. The van der Waals surface area contributed by atoms with Gasteiger partial charge >= 0.3 is 0 Å². The molecule has 1 aromatic carbocycles. The molecule has 0 saturated carbocycles. The highest BCUT2D eigenvalue weighted by Gasteiger charge is 2.26. The van der Waals surface area contributed by atoms with E-state index in [9.17, 15) is 4.79 Å². The number of carbonyl (C=O) groups is 1. The van der Waals surface area contributed by atoms with Crippen LogP contribution >= 0.6 is 11.3 Å². The van der Waals surface area contributed by atoms with Gasteiger partial charge in [-0.1, -0.05) is 25.1 Å². The van der Waals surface area contributed by atoms with E-state index in [0.29, 0.717) is 11.7 Å². The Balaban J connectivity index is 1.42. The molecule has 2 atom stereocenters. The predicted molar refractivity (Wildman–Crippen MR) is 112 cm³/mol. The highest BCUT2D eigenvalue weighted by molar-refractivity contribution is 7.13. The van der Waals surface area contributed by atoms with Crippen LogP contribution in [0.25, 0.3) is 16.3 Å². The van der Waals surface area contributed by atoms with Crippen molar-refractivity contribution in [3.05, 3.63) is 53.8 Å². The lowest BCUT2D eigenvalue weighted by Gasteiger charge is -2.37. The quantitative estimate of drug-likeness (QED) is 0.717. The molecule has 0 spiro atoms. The van der Waals surface area contributed by atoms with Crippen molar-refractivity contribution in [2.75, 3.05) is 13.1 Å². The van der Waals surface area contributed by atoms with Gasteiger partial charge in [0.2, 0.25) is 0 Å². The maximum absolute atomic E-state index is 12.6. The van der Waals surface area contributed by atoms with Crippen molar-refractivity contribution in [1.29, 1.82) is 0 Å². The zero-order chi connectivity index (χ0) is 19.5. The highest BCUT2D eigenvalue weighted by atomic mass is 32.1. The maximum Gasteiger partial charge on any atom is 0.270 e. The second-order valence-electron chi connectivity index (χ2n) is 7.22. The fourth-order valence-electron chi connectivity index (χ4n) is 3.75. The molecule has 1 aliphatic heterocycles. The van der Waals surface area contributed by atoms with E-state index in [2.05, 4.69) is 34.1 Å². The molecule has 3 aromatic rings. The molecule has 1 fully saturated rings. The van der Waals surface area contributed by atoms with Crippen molar-refractivity contribution >= 4 is 17.2 Å². The van der Waals surface area contributed by atoms with Gasteiger partial charge in [-0.3, -0.25) is 4.79 Å². The van der Waals surface area contributed by atoms with Gasteiger partial charge in [-0.15, -0.1) is 11.3 Å². The van der Waals surface area contributed by atoms with Crippen molar-refractivity contribution in [2.45, 2.75) is 38.8 Å². The minimum Gasteiger partial charge on any atom is -0.348 e. The first-order valence-electron chi connectivity index (χ1n) is 9.75. The number of hydrogen-bond acceptors (Lipinski definition) is 5. The van der Waals surface area contributed by atoms with Crippen molar-refractivity contribution in [3.63, 3.8) is 0 Å². The van der Waals surface area contributed by atoms with E-state index < -0.39 is 0 Å². The Morgan fingerprint density at radius 3 is 2.89 bits per heavy atom. The van der Waals surface area contributed by atoms with Crippen molar-refractivity contribution in [3.8, 4) is 16.3 Å². The Bertz CT molecular complexity index is 935. The third-order valence-corrected chi connectivity index (χ3v) is 6.23. The molecule has 0 bridgehead atoms. The molecule has 7 heteroatoms. The van der Waals surface area contributed by atoms with E-state index in [1.807, 2.05) is 46.6 Å². The number of nitrogens with zero attached hydrogens (tertiary/aromatic N) is 4. The maximum atomic E-state index is 12.6. The van der Waals surface area contributed by atoms with E-state index in [4.69, 9.17) is 0 Å². The normalized spacial score (nSPS) is 20.2. The summed E-state index contributed by atoms with van der Waals surface area (Å²) in [4.78, 5) is 19.6. The average Bonchev–Trinajstić information content (AvgIpc) is 3.38. The number of aromatic nitrogens is 3. The van der Waals surface area contributed by atoms with Crippen LogP contribution < -0.4 is 5.32 Å². The van der Waals surface area contributed by atoms with Crippen LogP contribution in [0.3, 0.4) is 0 Å². The number of carbonyl (C=O) groups excluding carboxylic acids is 1. The third-order valence-electron chi connectivity index (χ3n) is 5.34. The van der Waals surface area contributed by atoms with Crippen LogP contribution in [-0.4, -0.2) is 50.7 Å². The van der Waals surface area contributed by atoms with Gasteiger partial charge in [0.1, 0.15) is 10.7 Å². The van der Waals surface area contributed by atoms with Crippen LogP contribution in [0.5, 0.6) is 0 Å². The Morgan fingerprint density at radius 2 is 2.14 bits per heavy atom. The summed E-state index contributed by atoms with van der Waals surface area (Å²) >= 11 is 1.47. The van der Waals surface area contributed by atoms with Gasteiger partial charge in [-0.05, 0) is 38.4 Å². The number of likely N-dealkylation sites (tertiary alicyclic amines) is 1. The second kappa shape index (κ2) is 8.24. The zero-order valence-corrected chi connectivity index (χ0v) is 17.0. The van der Waals surface area contributed by atoms with Crippen LogP contribution in [-0.2, 0) is 0 Å². The standard InChI is InChI=1S/C21H25N5OS/c1-3-25-10-9-17(11-15(25)2)23-20(27)19-14-28-21(24-19)16-12-22-26(13-16)18-7-5-4-6-8-18/h4-8,12-15,17H,3,9-11H2,1-2H3,(H,23,27)/t15-,17?/m0/s1. The molecular weight excluding hydrogens is 370 g/mol. The van der Waals surface area contributed by atoms with E-state index >= 15 is 0 Å².